The minimum atomic E-state index is -4.65. The summed E-state index contributed by atoms with van der Waals surface area (Å²) >= 11 is 0. The molecule has 0 saturated carbocycles. The molecule has 3 rings (SSSR count). The Balaban J connectivity index is 2.11. The van der Waals surface area contributed by atoms with Crippen LogP contribution in [0.2, 0.25) is 0 Å². The first-order chi connectivity index (χ1) is 13.6. The van der Waals surface area contributed by atoms with Gasteiger partial charge < -0.3 is 15.2 Å². The lowest BCUT2D eigenvalue weighted by atomic mass is 9.90. The third-order valence-electron chi connectivity index (χ3n) is 4.60. The average molecular weight is 408 g/mol. The van der Waals surface area contributed by atoms with Gasteiger partial charge >= 0.3 is 12.2 Å². The predicted molar refractivity (Wildman–Crippen MR) is 97.7 cm³/mol. The molecule has 0 radical (unpaired) electrons. The minimum Gasteiger partial charge on any atom is -0.360 e. The van der Waals surface area contributed by atoms with Gasteiger partial charge in [0.05, 0.1) is 17.2 Å². The number of allylic oxidation sites excluding steroid dienone is 1. The number of aromatic nitrogens is 1. The molecular formula is C19H19F3N4O3. The molecule has 0 unspecified atom stereocenters. The number of nitrogens with zero attached hydrogens (tertiary/aromatic N) is 2. The fourth-order valence-corrected chi connectivity index (χ4v) is 3.31. The van der Waals surface area contributed by atoms with Gasteiger partial charge in [0.25, 0.3) is 5.91 Å². The summed E-state index contributed by atoms with van der Waals surface area (Å²) in [6, 6.07) is 4.46. The molecule has 3 amide bonds. The van der Waals surface area contributed by atoms with Gasteiger partial charge in [0.15, 0.2) is 5.82 Å². The third-order valence-corrected chi connectivity index (χ3v) is 4.60. The Labute approximate surface area is 164 Å². The summed E-state index contributed by atoms with van der Waals surface area (Å²) in [5.74, 6) is -0.107. The number of halogens is 3. The van der Waals surface area contributed by atoms with E-state index in [0.29, 0.717) is 5.76 Å². The number of carbonyl (C=O) groups is 2. The molecule has 1 aromatic heterocycles. The van der Waals surface area contributed by atoms with Crippen molar-refractivity contribution in [1.29, 1.82) is 0 Å². The second-order valence-corrected chi connectivity index (χ2v) is 6.49. The van der Waals surface area contributed by atoms with E-state index in [9.17, 15) is 22.8 Å². The Bertz CT molecular complexity index is 981. The second kappa shape index (κ2) is 7.61. The SMILES string of the molecule is CCN1C(=O)N[C@@H](c2ccccc2C(F)(F)F)C(C(=O)Nc2cc(C)on2)=C1C. The Kier molecular flexibility index (Phi) is 5.36. The van der Waals surface area contributed by atoms with Crippen LogP contribution in [-0.2, 0) is 11.0 Å². The zero-order chi connectivity index (χ0) is 21.3. The average Bonchev–Trinajstić information content (AvgIpc) is 3.05. The van der Waals surface area contributed by atoms with E-state index in [-0.39, 0.29) is 29.2 Å². The van der Waals surface area contributed by atoms with Crippen molar-refractivity contribution in [3.05, 3.63) is 58.5 Å². The van der Waals surface area contributed by atoms with Gasteiger partial charge in [0.1, 0.15) is 5.76 Å². The standard InChI is InChI=1S/C19H19F3N4O3/c1-4-26-11(3)15(17(27)23-14-9-10(2)29-25-14)16(24-18(26)28)12-7-5-6-8-13(12)19(20,21)22/h5-9,16H,4H2,1-3H3,(H,24,28)(H,23,25,27)/t16-/m0/s1. The number of carbonyl (C=O) groups excluding carboxylic acids is 2. The summed E-state index contributed by atoms with van der Waals surface area (Å²) in [7, 11) is 0. The van der Waals surface area contributed by atoms with E-state index < -0.39 is 29.7 Å². The van der Waals surface area contributed by atoms with Gasteiger partial charge in [-0.2, -0.15) is 13.2 Å². The van der Waals surface area contributed by atoms with Crippen LogP contribution in [0.3, 0.4) is 0 Å². The lowest BCUT2D eigenvalue weighted by Gasteiger charge is -2.35. The number of anilines is 1. The van der Waals surface area contributed by atoms with Crippen molar-refractivity contribution in [2.24, 2.45) is 0 Å². The van der Waals surface area contributed by atoms with Crippen LogP contribution in [0.25, 0.3) is 0 Å². The zero-order valence-electron chi connectivity index (χ0n) is 15.9. The molecule has 1 aliphatic heterocycles. The van der Waals surface area contributed by atoms with E-state index >= 15 is 0 Å². The Morgan fingerprint density at radius 2 is 2.00 bits per heavy atom. The highest BCUT2D eigenvalue weighted by Gasteiger charge is 2.41. The van der Waals surface area contributed by atoms with Gasteiger partial charge in [-0.05, 0) is 32.4 Å². The summed E-state index contributed by atoms with van der Waals surface area (Å²) < 4.78 is 45.6. The molecule has 29 heavy (non-hydrogen) atoms. The van der Waals surface area contributed by atoms with E-state index in [1.165, 1.54) is 36.1 Å². The molecule has 0 aliphatic carbocycles. The van der Waals surface area contributed by atoms with E-state index in [2.05, 4.69) is 15.8 Å². The smallest absolute Gasteiger partial charge is 0.360 e. The molecule has 0 saturated heterocycles. The Morgan fingerprint density at radius 1 is 1.31 bits per heavy atom. The van der Waals surface area contributed by atoms with Crippen LogP contribution in [0.4, 0.5) is 23.8 Å². The van der Waals surface area contributed by atoms with Crippen molar-refractivity contribution in [2.75, 3.05) is 11.9 Å². The van der Waals surface area contributed by atoms with E-state index in [1.54, 1.807) is 13.8 Å². The number of rotatable bonds is 4. The normalized spacial score (nSPS) is 17.4. The number of hydrogen-bond donors (Lipinski definition) is 2. The third kappa shape index (κ3) is 3.96. The van der Waals surface area contributed by atoms with Gasteiger partial charge in [0, 0.05) is 18.3 Å². The van der Waals surface area contributed by atoms with Crippen LogP contribution < -0.4 is 10.6 Å². The molecule has 1 atom stereocenters. The number of aryl methyl sites for hydroxylation is 1. The van der Waals surface area contributed by atoms with Crippen molar-refractivity contribution in [1.82, 2.24) is 15.4 Å². The highest BCUT2D eigenvalue weighted by Crippen LogP contribution is 2.39. The number of amides is 3. The molecule has 10 heteroatoms. The molecular weight excluding hydrogens is 389 g/mol. The lowest BCUT2D eigenvalue weighted by Crippen LogP contribution is -2.48. The van der Waals surface area contributed by atoms with Gasteiger partial charge in [-0.15, -0.1) is 0 Å². The molecule has 154 valence electrons. The number of hydrogen-bond acceptors (Lipinski definition) is 4. The first-order valence-electron chi connectivity index (χ1n) is 8.83. The van der Waals surface area contributed by atoms with Crippen molar-refractivity contribution < 1.29 is 27.3 Å². The van der Waals surface area contributed by atoms with Gasteiger partial charge in [-0.3, -0.25) is 9.69 Å². The number of alkyl halides is 3. The van der Waals surface area contributed by atoms with Crippen LogP contribution in [0, 0.1) is 6.92 Å². The van der Waals surface area contributed by atoms with Crippen LogP contribution in [-0.4, -0.2) is 28.5 Å². The second-order valence-electron chi connectivity index (χ2n) is 6.49. The summed E-state index contributed by atoms with van der Waals surface area (Å²) in [4.78, 5) is 26.7. The summed E-state index contributed by atoms with van der Waals surface area (Å²) in [6.07, 6.45) is -4.65. The summed E-state index contributed by atoms with van der Waals surface area (Å²) in [5.41, 5.74) is -0.893. The monoisotopic (exact) mass is 408 g/mol. The lowest BCUT2D eigenvalue weighted by molar-refractivity contribution is -0.138. The first-order valence-corrected chi connectivity index (χ1v) is 8.83. The van der Waals surface area contributed by atoms with Crippen molar-refractivity contribution >= 4 is 17.8 Å². The zero-order valence-corrected chi connectivity index (χ0v) is 15.9. The molecule has 0 fully saturated rings. The summed E-state index contributed by atoms with van der Waals surface area (Å²) in [6.45, 7) is 5.10. The van der Waals surface area contributed by atoms with Gasteiger partial charge in [-0.25, -0.2) is 4.79 Å². The minimum absolute atomic E-state index is 0.0104. The molecule has 0 spiro atoms. The number of nitrogens with one attached hydrogen (secondary N) is 2. The van der Waals surface area contributed by atoms with Crippen LogP contribution in [0.15, 0.2) is 46.1 Å². The number of urea groups is 1. The topological polar surface area (TPSA) is 87.5 Å². The first kappa shape index (κ1) is 20.4. The highest BCUT2D eigenvalue weighted by atomic mass is 19.4. The fourth-order valence-electron chi connectivity index (χ4n) is 3.31. The van der Waals surface area contributed by atoms with E-state index in [4.69, 9.17) is 4.52 Å². The quantitative estimate of drug-likeness (QED) is 0.801. The molecule has 2 heterocycles. The van der Waals surface area contributed by atoms with Crippen LogP contribution >= 0.6 is 0 Å². The Morgan fingerprint density at radius 3 is 2.59 bits per heavy atom. The summed E-state index contributed by atoms with van der Waals surface area (Å²) in [5, 5.41) is 8.72. The van der Waals surface area contributed by atoms with E-state index in [0.717, 1.165) is 6.07 Å². The molecule has 2 N–H and O–H groups in total. The van der Waals surface area contributed by atoms with Crippen molar-refractivity contribution in [2.45, 2.75) is 33.0 Å². The molecule has 1 aliphatic rings. The van der Waals surface area contributed by atoms with Crippen molar-refractivity contribution in [3.8, 4) is 0 Å². The van der Waals surface area contributed by atoms with Gasteiger partial charge in [0.2, 0.25) is 0 Å². The molecule has 0 bridgehead atoms. The van der Waals surface area contributed by atoms with Crippen LogP contribution in [0.5, 0.6) is 0 Å². The maximum atomic E-state index is 13.6. The molecule has 7 nitrogen and oxygen atoms in total. The number of benzene rings is 1. The predicted octanol–water partition coefficient (Wildman–Crippen LogP) is 4.00. The van der Waals surface area contributed by atoms with Crippen molar-refractivity contribution in [3.63, 3.8) is 0 Å². The van der Waals surface area contributed by atoms with Gasteiger partial charge in [-0.1, -0.05) is 23.4 Å². The largest absolute Gasteiger partial charge is 0.416 e. The maximum absolute atomic E-state index is 13.6. The maximum Gasteiger partial charge on any atom is 0.416 e. The molecule has 1 aromatic carbocycles. The highest BCUT2D eigenvalue weighted by molar-refractivity contribution is 6.06. The van der Waals surface area contributed by atoms with Crippen LogP contribution in [0.1, 0.15) is 36.8 Å². The molecule has 2 aromatic rings. The fraction of sp³-hybridized carbons (Fsp3) is 0.316. The van der Waals surface area contributed by atoms with E-state index in [1.807, 2.05) is 0 Å². The Hall–Kier alpha value is -3.30.